The van der Waals surface area contributed by atoms with Crippen LogP contribution in [-0.2, 0) is 6.54 Å². The third kappa shape index (κ3) is 4.74. The number of aromatic nitrogens is 2. The Morgan fingerprint density at radius 2 is 1.62 bits per heavy atom. The van der Waals surface area contributed by atoms with E-state index in [-0.39, 0.29) is 11.7 Å². The minimum absolute atomic E-state index is 0.201. The number of nitrogens with one attached hydrogen (secondary N) is 1. The molecule has 0 radical (unpaired) electrons. The van der Waals surface area contributed by atoms with Gasteiger partial charge >= 0.3 is 6.36 Å². The van der Waals surface area contributed by atoms with Gasteiger partial charge in [-0.2, -0.15) is 5.10 Å². The number of hydrogen-bond donors (Lipinski definition) is 1. The molecule has 2 aromatic heterocycles. The summed E-state index contributed by atoms with van der Waals surface area (Å²) in [6, 6.07) is 17.0. The summed E-state index contributed by atoms with van der Waals surface area (Å²) < 4.78 is 42.4. The molecule has 0 unspecified atom stereocenters. The average Bonchev–Trinajstić information content (AvgIpc) is 3.07. The summed E-state index contributed by atoms with van der Waals surface area (Å²) in [5.41, 5.74) is 5.49. The normalized spacial score (nSPS) is 11.5. The van der Waals surface area contributed by atoms with Crippen molar-refractivity contribution in [3.63, 3.8) is 0 Å². The fraction of sp³-hybridized carbons (Fsp3) is 0.167. The lowest BCUT2D eigenvalue weighted by molar-refractivity contribution is -0.274. The first kappa shape index (κ1) is 21.4. The summed E-state index contributed by atoms with van der Waals surface area (Å²) in [6.07, 6.45) is -2.89. The van der Waals surface area contributed by atoms with Gasteiger partial charge in [0.05, 0.1) is 16.8 Å². The van der Waals surface area contributed by atoms with E-state index >= 15 is 0 Å². The van der Waals surface area contributed by atoms with Gasteiger partial charge in [0, 0.05) is 12.7 Å². The van der Waals surface area contributed by atoms with Crippen molar-refractivity contribution >= 4 is 11.4 Å². The van der Waals surface area contributed by atoms with Crippen LogP contribution in [0.25, 0.3) is 16.6 Å². The predicted octanol–water partition coefficient (Wildman–Crippen LogP) is 5.45. The van der Waals surface area contributed by atoms with Gasteiger partial charge in [0.1, 0.15) is 5.75 Å². The number of carbonyl (C=O) groups excluding carboxylic acids is 1. The summed E-state index contributed by atoms with van der Waals surface area (Å²) in [6.45, 7) is 4.10. The molecule has 0 spiro atoms. The van der Waals surface area contributed by atoms with Gasteiger partial charge in [-0.05, 0) is 60.4 Å². The number of halogens is 3. The van der Waals surface area contributed by atoms with Crippen LogP contribution in [0.3, 0.4) is 0 Å². The Labute approximate surface area is 182 Å². The summed E-state index contributed by atoms with van der Waals surface area (Å²) >= 11 is 0. The highest BCUT2D eigenvalue weighted by Gasteiger charge is 2.30. The van der Waals surface area contributed by atoms with E-state index in [9.17, 15) is 18.0 Å². The summed E-state index contributed by atoms with van der Waals surface area (Å²) in [4.78, 5) is 12.8. The Morgan fingerprint density at radius 1 is 1.00 bits per heavy atom. The molecule has 0 aliphatic carbocycles. The van der Waals surface area contributed by atoms with Crippen LogP contribution in [0.15, 0.2) is 66.9 Å². The zero-order valence-electron chi connectivity index (χ0n) is 17.4. The van der Waals surface area contributed by atoms with E-state index < -0.39 is 6.36 Å². The average molecular weight is 439 g/mol. The Morgan fingerprint density at radius 3 is 2.25 bits per heavy atom. The van der Waals surface area contributed by atoms with E-state index in [1.54, 1.807) is 23.6 Å². The van der Waals surface area contributed by atoms with Crippen molar-refractivity contribution in [2.75, 3.05) is 0 Å². The van der Waals surface area contributed by atoms with Gasteiger partial charge in [-0.1, -0.05) is 36.4 Å². The van der Waals surface area contributed by atoms with Gasteiger partial charge in [-0.3, -0.25) is 4.79 Å². The van der Waals surface area contributed by atoms with Crippen LogP contribution in [-0.4, -0.2) is 21.9 Å². The van der Waals surface area contributed by atoms with Gasteiger partial charge in [-0.25, -0.2) is 4.52 Å². The first-order valence-electron chi connectivity index (χ1n) is 9.88. The highest BCUT2D eigenvalue weighted by atomic mass is 19.4. The second kappa shape index (κ2) is 8.37. The SMILES string of the molecule is Cc1ccn2nc(C)c(C(=O)NCc3ccc(-c4ccc(OC(F)(F)F)cc4)cc3)c2c1. The van der Waals surface area contributed by atoms with Gasteiger partial charge in [0.2, 0.25) is 0 Å². The Bertz CT molecular complexity index is 1260. The van der Waals surface area contributed by atoms with Crippen molar-refractivity contribution in [2.24, 2.45) is 0 Å². The molecule has 2 heterocycles. The first-order valence-corrected chi connectivity index (χ1v) is 9.88. The molecule has 0 aliphatic rings. The second-order valence-corrected chi connectivity index (χ2v) is 7.45. The molecule has 0 fully saturated rings. The monoisotopic (exact) mass is 439 g/mol. The van der Waals surface area contributed by atoms with Crippen LogP contribution in [0.1, 0.15) is 27.2 Å². The highest BCUT2D eigenvalue weighted by molar-refractivity contribution is 6.02. The van der Waals surface area contributed by atoms with Crippen LogP contribution in [0.4, 0.5) is 13.2 Å². The molecule has 0 saturated heterocycles. The maximum Gasteiger partial charge on any atom is 0.573 e. The second-order valence-electron chi connectivity index (χ2n) is 7.45. The number of nitrogens with zero attached hydrogens (tertiary/aromatic N) is 2. The molecule has 0 atom stereocenters. The number of pyridine rings is 1. The smallest absolute Gasteiger partial charge is 0.406 e. The number of alkyl halides is 3. The number of hydrogen-bond acceptors (Lipinski definition) is 3. The van der Waals surface area contributed by atoms with Crippen molar-refractivity contribution in [1.82, 2.24) is 14.9 Å². The van der Waals surface area contributed by atoms with E-state index in [1.807, 2.05) is 49.5 Å². The molecule has 8 heteroatoms. The largest absolute Gasteiger partial charge is 0.573 e. The van der Waals surface area contributed by atoms with Crippen molar-refractivity contribution in [1.29, 1.82) is 0 Å². The number of carbonyl (C=O) groups is 1. The van der Waals surface area contributed by atoms with Crippen molar-refractivity contribution in [3.05, 3.63) is 89.2 Å². The van der Waals surface area contributed by atoms with Gasteiger partial charge in [0.25, 0.3) is 5.91 Å². The van der Waals surface area contributed by atoms with Crippen LogP contribution in [0.2, 0.25) is 0 Å². The van der Waals surface area contributed by atoms with Crippen molar-refractivity contribution in [3.8, 4) is 16.9 Å². The fourth-order valence-electron chi connectivity index (χ4n) is 3.48. The molecule has 2 aromatic carbocycles. The quantitative estimate of drug-likeness (QED) is 0.450. The van der Waals surface area contributed by atoms with Crippen LogP contribution >= 0.6 is 0 Å². The van der Waals surface area contributed by atoms with Crippen molar-refractivity contribution in [2.45, 2.75) is 26.8 Å². The van der Waals surface area contributed by atoms with Crippen molar-refractivity contribution < 1.29 is 22.7 Å². The molecule has 4 aromatic rings. The van der Waals surface area contributed by atoms with E-state index in [2.05, 4.69) is 15.2 Å². The summed E-state index contributed by atoms with van der Waals surface area (Å²) in [7, 11) is 0. The van der Waals surface area contributed by atoms with Gasteiger partial charge in [-0.15, -0.1) is 13.2 Å². The minimum Gasteiger partial charge on any atom is -0.406 e. The molecule has 32 heavy (non-hydrogen) atoms. The van der Waals surface area contributed by atoms with E-state index in [4.69, 9.17) is 0 Å². The topological polar surface area (TPSA) is 55.6 Å². The predicted molar refractivity (Wildman–Crippen MR) is 114 cm³/mol. The standard InChI is InChI=1S/C24H20F3N3O2/c1-15-11-12-30-21(13-15)22(16(2)29-30)23(31)28-14-17-3-5-18(6-4-17)19-7-9-20(10-8-19)32-24(25,26)27/h3-13H,14H2,1-2H3,(H,28,31). The van der Waals surface area contributed by atoms with Crippen LogP contribution < -0.4 is 10.1 Å². The van der Waals surface area contributed by atoms with E-state index in [1.165, 1.54) is 12.1 Å². The highest BCUT2D eigenvalue weighted by Crippen LogP contribution is 2.26. The summed E-state index contributed by atoms with van der Waals surface area (Å²) in [5.74, 6) is -0.466. The van der Waals surface area contributed by atoms with Gasteiger partial charge in [0.15, 0.2) is 0 Å². The molecule has 4 rings (SSSR count). The molecule has 0 bridgehead atoms. The van der Waals surface area contributed by atoms with E-state index in [0.717, 1.165) is 27.8 Å². The van der Waals surface area contributed by atoms with Crippen LogP contribution in [0.5, 0.6) is 5.75 Å². The maximum atomic E-state index is 12.8. The lowest BCUT2D eigenvalue weighted by Crippen LogP contribution is -2.23. The maximum absolute atomic E-state index is 12.8. The zero-order valence-corrected chi connectivity index (χ0v) is 17.4. The Balaban J connectivity index is 1.43. The Hall–Kier alpha value is -3.81. The lowest BCUT2D eigenvalue weighted by atomic mass is 10.0. The first-order chi connectivity index (χ1) is 15.2. The fourth-order valence-corrected chi connectivity index (χ4v) is 3.48. The van der Waals surface area contributed by atoms with Gasteiger partial charge < -0.3 is 10.1 Å². The molecule has 1 N–H and O–H groups in total. The number of benzene rings is 2. The Kier molecular flexibility index (Phi) is 5.61. The number of fused-ring (bicyclic) bond motifs is 1. The number of rotatable bonds is 5. The molecule has 0 saturated carbocycles. The molecule has 1 amide bonds. The lowest BCUT2D eigenvalue weighted by Gasteiger charge is -2.10. The molecular weight excluding hydrogens is 419 g/mol. The molecule has 5 nitrogen and oxygen atoms in total. The number of amides is 1. The molecule has 164 valence electrons. The number of ether oxygens (including phenoxy) is 1. The summed E-state index contributed by atoms with van der Waals surface area (Å²) in [5, 5.41) is 7.31. The van der Waals surface area contributed by atoms with Crippen LogP contribution in [0, 0.1) is 13.8 Å². The third-order valence-electron chi connectivity index (χ3n) is 5.02. The minimum atomic E-state index is -4.71. The third-order valence-corrected chi connectivity index (χ3v) is 5.02. The van der Waals surface area contributed by atoms with E-state index in [0.29, 0.717) is 17.8 Å². The molecule has 0 aliphatic heterocycles. The number of aryl methyl sites for hydroxylation is 2. The molecular formula is C24H20F3N3O2. The zero-order chi connectivity index (χ0) is 22.9.